The van der Waals surface area contributed by atoms with Crippen LogP contribution in [0, 0.1) is 0 Å². The fourth-order valence-electron chi connectivity index (χ4n) is 1.95. The van der Waals surface area contributed by atoms with Crippen molar-refractivity contribution < 1.29 is 4.79 Å². The molecule has 0 bridgehead atoms. The minimum atomic E-state index is 0.208. The van der Waals surface area contributed by atoms with Crippen molar-refractivity contribution in [3.63, 3.8) is 0 Å². The van der Waals surface area contributed by atoms with Crippen LogP contribution in [0.4, 0.5) is 0 Å². The summed E-state index contributed by atoms with van der Waals surface area (Å²) in [5.74, 6) is 0.208. The molecule has 1 aliphatic rings. The molecule has 76 valence electrons. The third-order valence-electron chi connectivity index (χ3n) is 2.77. The van der Waals surface area contributed by atoms with Crippen LogP contribution in [-0.2, 0) is 11.2 Å². The number of nitrogens with zero attached hydrogens (tertiary/aromatic N) is 2. The van der Waals surface area contributed by atoms with E-state index < -0.39 is 0 Å². The lowest BCUT2D eigenvalue weighted by atomic mass is 10.2. The highest BCUT2D eigenvalue weighted by molar-refractivity contribution is 5.78. The smallest absolute Gasteiger partial charge is 0.228 e. The van der Waals surface area contributed by atoms with Crippen molar-refractivity contribution in [2.75, 3.05) is 6.54 Å². The van der Waals surface area contributed by atoms with Crippen molar-refractivity contribution >= 4 is 5.91 Å². The van der Waals surface area contributed by atoms with Gasteiger partial charge < -0.3 is 9.88 Å². The van der Waals surface area contributed by atoms with Gasteiger partial charge in [-0.2, -0.15) is 0 Å². The fourth-order valence-corrected chi connectivity index (χ4v) is 1.95. The Morgan fingerprint density at radius 2 is 2.64 bits per heavy atom. The predicted molar refractivity (Wildman–Crippen MR) is 52.7 cm³/mol. The third-order valence-corrected chi connectivity index (χ3v) is 2.77. The molecule has 1 N–H and O–H groups in total. The van der Waals surface area contributed by atoms with Crippen molar-refractivity contribution in [3.8, 4) is 0 Å². The topological polar surface area (TPSA) is 49.0 Å². The number of H-pyrrole nitrogens is 1. The lowest BCUT2D eigenvalue weighted by Gasteiger charge is -2.20. The predicted octanol–water partition coefficient (Wildman–Crippen LogP) is 0.963. The van der Waals surface area contributed by atoms with Gasteiger partial charge >= 0.3 is 0 Å². The molecule has 1 saturated heterocycles. The summed E-state index contributed by atoms with van der Waals surface area (Å²) in [6.45, 7) is 3.02. The highest BCUT2D eigenvalue weighted by Gasteiger charge is 2.24. The molecule has 1 unspecified atom stereocenters. The standard InChI is InChI=1S/C10H15N3O/c1-8-3-2-4-13(8)10(14)5-9-6-11-7-12-9/h6-8H,2-5H2,1H3,(H,11,12). The number of aromatic nitrogens is 2. The number of nitrogens with one attached hydrogen (secondary N) is 1. The number of likely N-dealkylation sites (tertiary alicyclic amines) is 1. The number of hydrogen-bond donors (Lipinski definition) is 1. The minimum Gasteiger partial charge on any atom is -0.348 e. The maximum Gasteiger partial charge on any atom is 0.228 e. The van der Waals surface area contributed by atoms with E-state index in [0.717, 1.165) is 25.1 Å². The summed E-state index contributed by atoms with van der Waals surface area (Å²) in [5, 5.41) is 0. The Morgan fingerprint density at radius 1 is 1.79 bits per heavy atom. The molecule has 4 heteroatoms. The second-order valence-corrected chi connectivity index (χ2v) is 3.83. The Kier molecular flexibility index (Phi) is 2.52. The fraction of sp³-hybridized carbons (Fsp3) is 0.600. The van der Waals surface area contributed by atoms with Crippen molar-refractivity contribution in [3.05, 3.63) is 18.2 Å². The zero-order valence-electron chi connectivity index (χ0n) is 8.36. The van der Waals surface area contributed by atoms with E-state index in [1.54, 1.807) is 12.5 Å². The normalized spacial score (nSPS) is 21.5. The zero-order valence-corrected chi connectivity index (χ0v) is 8.36. The minimum absolute atomic E-state index is 0.208. The van der Waals surface area contributed by atoms with Crippen molar-refractivity contribution in [1.82, 2.24) is 14.9 Å². The molecule has 1 amide bonds. The van der Waals surface area contributed by atoms with E-state index in [0.29, 0.717) is 12.5 Å². The summed E-state index contributed by atoms with van der Waals surface area (Å²) in [6.07, 6.45) is 6.03. The van der Waals surface area contributed by atoms with Gasteiger partial charge in [-0.05, 0) is 19.8 Å². The first-order chi connectivity index (χ1) is 6.77. The molecule has 1 aromatic rings. The summed E-state index contributed by atoms with van der Waals surface area (Å²) in [4.78, 5) is 20.6. The Morgan fingerprint density at radius 3 is 3.21 bits per heavy atom. The molecule has 0 saturated carbocycles. The number of rotatable bonds is 2. The Bertz CT molecular complexity index is 307. The van der Waals surface area contributed by atoms with Crippen LogP contribution < -0.4 is 0 Å². The maximum atomic E-state index is 11.8. The van der Waals surface area contributed by atoms with Crippen LogP contribution >= 0.6 is 0 Å². The highest BCUT2D eigenvalue weighted by atomic mass is 16.2. The summed E-state index contributed by atoms with van der Waals surface area (Å²) in [5.41, 5.74) is 0.897. The molecule has 0 aliphatic carbocycles. The molecule has 0 spiro atoms. The number of carbonyl (C=O) groups excluding carboxylic acids is 1. The SMILES string of the molecule is CC1CCCN1C(=O)Cc1cnc[nH]1. The van der Waals surface area contributed by atoms with E-state index in [9.17, 15) is 4.79 Å². The molecule has 14 heavy (non-hydrogen) atoms. The van der Waals surface area contributed by atoms with Gasteiger partial charge in [-0.25, -0.2) is 4.98 Å². The summed E-state index contributed by atoms with van der Waals surface area (Å²) in [6, 6.07) is 0.408. The molecule has 1 aliphatic heterocycles. The molecular weight excluding hydrogens is 178 g/mol. The Balaban J connectivity index is 1.95. The molecular formula is C10H15N3O. The third kappa shape index (κ3) is 1.78. The molecule has 0 radical (unpaired) electrons. The first-order valence-electron chi connectivity index (χ1n) is 5.04. The molecule has 0 aromatic carbocycles. The monoisotopic (exact) mass is 193 g/mol. The molecule has 1 fully saturated rings. The van der Waals surface area contributed by atoms with Gasteiger partial charge in [0.05, 0.1) is 12.7 Å². The number of hydrogen-bond acceptors (Lipinski definition) is 2. The van der Waals surface area contributed by atoms with Crippen LogP contribution in [0.2, 0.25) is 0 Å². The van der Waals surface area contributed by atoms with Gasteiger partial charge in [0.2, 0.25) is 5.91 Å². The lowest BCUT2D eigenvalue weighted by molar-refractivity contribution is -0.131. The van der Waals surface area contributed by atoms with E-state index in [-0.39, 0.29) is 5.91 Å². The number of imidazole rings is 1. The largest absolute Gasteiger partial charge is 0.348 e. The molecule has 1 atom stereocenters. The second-order valence-electron chi connectivity index (χ2n) is 3.83. The number of amides is 1. The highest BCUT2D eigenvalue weighted by Crippen LogP contribution is 2.17. The zero-order chi connectivity index (χ0) is 9.97. The van der Waals surface area contributed by atoms with Crippen molar-refractivity contribution in [1.29, 1.82) is 0 Å². The second kappa shape index (κ2) is 3.82. The molecule has 2 rings (SSSR count). The summed E-state index contributed by atoms with van der Waals surface area (Å²) in [7, 11) is 0. The van der Waals surface area contributed by atoms with E-state index in [1.165, 1.54) is 0 Å². The van der Waals surface area contributed by atoms with Crippen LogP contribution in [0.15, 0.2) is 12.5 Å². The van der Waals surface area contributed by atoms with Gasteiger partial charge in [-0.1, -0.05) is 0 Å². The van der Waals surface area contributed by atoms with Gasteiger partial charge in [0.25, 0.3) is 0 Å². The summed E-state index contributed by atoms with van der Waals surface area (Å²) < 4.78 is 0. The Labute approximate surface area is 83.3 Å². The van der Waals surface area contributed by atoms with E-state index in [4.69, 9.17) is 0 Å². The quantitative estimate of drug-likeness (QED) is 0.760. The van der Waals surface area contributed by atoms with Gasteiger partial charge in [-0.3, -0.25) is 4.79 Å². The van der Waals surface area contributed by atoms with Crippen LogP contribution in [0.1, 0.15) is 25.5 Å². The van der Waals surface area contributed by atoms with Crippen LogP contribution in [0.25, 0.3) is 0 Å². The van der Waals surface area contributed by atoms with Gasteiger partial charge in [0.1, 0.15) is 0 Å². The average Bonchev–Trinajstić information content (AvgIpc) is 2.75. The average molecular weight is 193 g/mol. The number of aromatic amines is 1. The number of carbonyl (C=O) groups is 1. The molecule has 2 heterocycles. The van der Waals surface area contributed by atoms with Gasteiger partial charge in [0, 0.05) is 24.5 Å². The van der Waals surface area contributed by atoms with Crippen molar-refractivity contribution in [2.45, 2.75) is 32.2 Å². The molecule has 4 nitrogen and oxygen atoms in total. The molecule has 1 aromatic heterocycles. The first-order valence-corrected chi connectivity index (χ1v) is 5.04. The van der Waals surface area contributed by atoms with Crippen LogP contribution in [-0.4, -0.2) is 33.4 Å². The van der Waals surface area contributed by atoms with Crippen molar-refractivity contribution in [2.24, 2.45) is 0 Å². The van der Waals surface area contributed by atoms with E-state index in [2.05, 4.69) is 16.9 Å². The Hall–Kier alpha value is -1.32. The van der Waals surface area contributed by atoms with Crippen LogP contribution in [0.3, 0.4) is 0 Å². The van der Waals surface area contributed by atoms with E-state index in [1.807, 2.05) is 4.90 Å². The lowest BCUT2D eigenvalue weighted by Crippen LogP contribution is -2.34. The van der Waals surface area contributed by atoms with Gasteiger partial charge in [0.15, 0.2) is 0 Å². The summed E-state index contributed by atoms with van der Waals surface area (Å²) >= 11 is 0. The van der Waals surface area contributed by atoms with E-state index >= 15 is 0 Å². The first kappa shape index (κ1) is 9.24. The van der Waals surface area contributed by atoms with Crippen LogP contribution in [0.5, 0.6) is 0 Å². The maximum absolute atomic E-state index is 11.8. The van der Waals surface area contributed by atoms with Gasteiger partial charge in [-0.15, -0.1) is 0 Å².